The smallest absolute Gasteiger partial charge is 0.120 e. The van der Waals surface area contributed by atoms with Gasteiger partial charge in [-0.05, 0) is 49.4 Å². The Morgan fingerprint density at radius 2 is 2.17 bits per heavy atom. The van der Waals surface area contributed by atoms with E-state index in [2.05, 4.69) is 38.1 Å². The van der Waals surface area contributed by atoms with Crippen LogP contribution < -0.4 is 10.5 Å². The molecule has 2 heteroatoms. The number of ether oxygens (including phenoxy) is 1. The van der Waals surface area contributed by atoms with Crippen LogP contribution in [-0.4, -0.2) is 12.6 Å². The summed E-state index contributed by atoms with van der Waals surface area (Å²) in [6.07, 6.45) is 4.98. The lowest BCUT2D eigenvalue weighted by atomic mass is 9.80. The molecule has 100 valence electrons. The summed E-state index contributed by atoms with van der Waals surface area (Å²) < 4.78 is 6.19. The fourth-order valence-corrected chi connectivity index (χ4v) is 2.82. The molecular weight excluding hydrogens is 222 g/mol. The van der Waals surface area contributed by atoms with E-state index in [1.54, 1.807) is 0 Å². The highest BCUT2D eigenvalue weighted by molar-refractivity contribution is 5.28. The summed E-state index contributed by atoms with van der Waals surface area (Å²) in [6.45, 7) is 5.22. The fraction of sp³-hybridized carbons (Fsp3) is 0.625. The summed E-state index contributed by atoms with van der Waals surface area (Å²) >= 11 is 0. The van der Waals surface area contributed by atoms with Gasteiger partial charge < -0.3 is 10.5 Å². The summed E-state index contributed by atoms with van der Waals surface area (Å²) in [5, 5.41) is 0. The van der Waals surface area contributed by atoms with Crippen LogP contribution in [0.3, 0.4) is 0 Å². The van der Waals surface area contributed by atoms with Gasteiger partial charge >= 0.3 is 0 Å². The van der Waals surface area contributed by atoms with Crippen molar-refractivity contribution in [1.29, 1.82) is 0 Å². The SMILES string of the molecule is CCc1cccc(OC2CC(C)CCC2CN)c1. The molecule has 1 aromatic rings. The van der Waals surface area contributed by atoms with Crippen molar-refractivity contribution < 1.29 is 4.74 Å². The number of nitrogens with two attached hydrogens (primary N) is 1. The van der Waals surface area contributed by atoms with E-state index < -0.39 is 0 Å². The topological polar surface area (TPSA) is 35.2 Å². The lowest BCUT2D eigenvalue weighted by Crippen LogP contribution is -2.37. The van der Waals surface area contributed by atoms with E-state index in [9.17, 15) is 0 Å². The minimum atomic E-state index is 0.297. The van der Waals surface area contributed by atoms with Crippen molar-refractivity contribution in [1.82, 2.24) is 0 Å². The van der Waals surface area contributed by atoms with Crippen molar-refractivity contribution in [2.75, 3.05) is 6.54 Å². The molecular formula is C16H25NO. The van der Waals surface area contributed by atoms with Gasteiger partial charge in [-0.2, -0.15) is 0 Å². The van der Waals surface area contributed by atoms with Gasteiger partial charge in [-0.25, -0.2) is 0 Å². The summed E-state index contributed by atoms with van der Waals surface area (Å²) in [7, 11) is 0. The summed E-state index contributed by atoms with van der Waals surface area (Å²) in [5.41, 5.74) is 7.20. The van der Waals surface area contributed by atoms with Gasteiger partial charge in [0.25, 0.3) is 0 Å². The van der Waals surface area contributed by atoms with Crippen LogP contribution in [0.15, 0.2) is 24.3 Å². The summed E-state index contributed by atoms with van der Waals surface area (Å²) in [5.74, 6) is 2.28. The Morgan fingerprint density at radius 1 is 1.33 bits per heavy atom. The Balaban J connectivity index is 2.05. The van der Waals surface area contributed by atoms with Crippen molar-refractivity contribution in [3.05, 3.63) is 29.8 Å². The van der Waals surface area contributed by atoms with Crippen molar-refractivity contribution in [3.63, 3.8) is 0 Å². The number of rotatable bonds is 4. The third-order valence-corrected chi connectivity index (χ3v) is 4.09. The molecule has 0 bridgehead atoms. The molecule has 0 spiro atoms. The Kier molecular flexibility index (Phi) is 4.65. The Morgan fingerprint density at radius 3 is 2.89 bits per heavy atom. The number of hydrogen-bond donors (Lipinski definition) is 1. The zero-order chi connectivity index (χ0) is 13.0. The highest BCUT2D eigenvalue weighted by Crippen LogP contribution is 2.31. The molecule has 0 heterocycles. The van der Waals surface area contributed by atoms with E-state index in [4.69, 9.17) is 10.5 Å². The van der Waals surface area contributed by atoms with Crippen LogP contribution in [0, 0.1) is 11.8 Å². The highest BCUT2D eigenvalue weighted by atomic mass is 16.5. The lowest BCUT2D eigenvalue weighted by Gasteiger charge is -2.34. The first kappa shape index (κ1) is 13.4. The molecule has 2 rings (SSSR count). The molecule has 3 unspecified atom stereocenters. The maximum atomic E-state index is 6.19. The predicted octanol–water partition coefficient (Wildman–Crippen LogP) is 3.39. The average molecular weight is 247 g/mol. The van der Waals surface area contributed by atoms with Gasteiger partial charge in [-0.1, -0.05) is 32.4 Å². The predicted molar refractivity (Wildman–Crippen MR) is 75.8 cm³/mol. The molecule has 0 amide bonds. The number of aryl methyl sites for hydroxylation is 1. The van der Waals surface area contributed by atoms with E-state index in [-0.39, 0.29) is 0 Å². The van der Waals surface area contributed by atoms with Gasteiger partial charge in [-0.3, -0.25) is 0 Å². The fourth-order valence-electron chi connectivity index (χ4n) is 2.82. The zero-order valence-electron chi connectivity index (χ0n) is 11.6. The molecule has 0 aromatic heterocycles. The van der Waals surface area contributed by atoms with E-state index in [0.29, 0.717) is 12.0 Å². The van der Waals surface area contributed by atoms with E-state index in [0.717, 1.165) is 31.1 Å². The van der Waals surface area contributed by atoms with Crippen molar-refractivity contribution in [2.45, 2.75) is 45.6 Å². The zero-order valence-corrected chi connectivity index (χ0v) is 11.6. The molecule has 1 aliphatic carbocycles. The normalized spacial score (nSPS) is 28.1. The molecule has 18 heavy (non-hydrogen) atoms. The van der Waals surface area contributed by atoms with Crippen molar-refractivity contribution >= 4 is 0 Å². The van der Waals surface area contributed by atoms with Gasteiger partial charge in [0.15, 0.2) is 0 Å². The van der Waals surface area contributed by atoms with Crippen LogP contribution in [0.2, 0.25) is 0 Å². The summed E-state index contributed by atoms with van der Waals surface area (Å²) in [4.78, 5) is 0. The molecule has 2 N–H and O–H groups in total. The standard InChI is InChI=1S/C16H25NO/c1-3-13-5-4-6-15(10-13)18-16-9-12(2)7-8-14(16)11-17/h4-6,10,12,14,16H,3,7-9,11,17H2,1-2H3. The number of hydrogen-bond acceptors (Lipinski definition) is 2. The Labute approximate surface area is 111 Å². The Bertz CT molecular complexity index is 377. The van der Waals surface area contributed by atoms with Crippen LogP contribution in [0.1, 0.15) is 38.7 Å². The lowest BCUT2D eigenvalue weighted by molar-refractivity contribution is 0.0741. The molecule has 0 radical (unpaired) electrons. The van der Waals surface area contributed by atoms with E-state index >= 15 is 0 Å². The van der Waals surface area contributed by atoms with Gasteiger partial charge in [0.2, 0.25) is 0 Å². The van der Waals surface area contributed by atoms with Crippen LogP contribution in [0.4, 0.5) is 0 Å². The first-order valence-corrected chi connectivity index (χ1v) is 7.18. The monoisotopic (exact) mass is 247 g/mol. The Hall–Kier alpha value is -1.02. The third kappa shape index (κ3) is 3.26. The quantitative estimate of drug-likeness (QED) is 0.885. The molecule has 2 nitrogen and oxygen atoms in total. The minimum absolute atomic E-state index is 0.297. The molecule has 1 saturated carbocycles. The largest absolute Gasteiger partial charge is 0.490 e. The van der Waals surface area contributed by atoms with Crippen LogP contribution in [-0.2, 0) is 6.42 Å². The second kappa shape index (κ2) is 6.24. The molecule has 0 aliphatic heterocycles. The summed E-state index contributed by atoms with van der Waals surface area (Å²) in [6, 6.07) is 8.45. The highest BCUT2D eigenvalue weighted by Gasteiger charge is 2.29. The van der Waals surface area contributed by atoms with Gasteiger partial charge in [0.1, 0.15) is 11.9 Å². The first-order valence-electron chi connectivity index (χ1n) is 7.18. The first-order chi connectivity index (χ1) is 8.72. The molecule has 0 saturated heterocycles. The van der Waals surface area contributed by atoms with Gasteiger partial charge in [0, 0.05) is 5.92 Å². The van der Waals surface area contributed by atoms with Crippen LogP contribution in [0.5, 0.6) is 5.75 Å². The van der Waals surface area contributed by atoms with Crippen LogP contribution >= 0.6 is 0 Å². The molecule has 1 fully saturated rings. The second-order valence-corrected chi connectivity index (χ2v) is 5.57. The van der Waals surface area contributed by atoms with E-state index in [1.807, 2.05) is 0 Å². The van der Waals surface area contributed by atoms with Crippen molar-refractivity contribution in [3.8, 4) is 5.75 Å². The molecule has 1 aliphatic rings. The maximum absolute atomic E-state index is 6.19. The van der Waals surface area contributed by atoms with Crippen molar-refractivity contribution in [2.24, 2.45) is 17.6 Å². The number of benzene rings is 1. The molecule has 3 atom stereocenters. The van der Waals surface area contributed by atoms with Gasteiger partial charge in [-0.15, -0.1) is 0 Å². The maximum Gasteiger partial charge on any atom is 0.120 e. The van der Waals surface area contributed by atoms with Crippen LogP contribution in [0.25, 0.3) is 0 Å². The van der Waals surface area contributed by atoms with E-state index in [1.165, 1.54) is 18.4 Å². The second-order valence-electron chi connectivity index (χ2n) is 5.57. The molecule has 1 aromatic carbocycles. The third-order valence-electron chi connectivity index (χ3n) is 4.09. The van der Waals surface area contributed by atoms with Gasteiger partial charge in [0.05, 0.1) is 0 Å². The minimum Gasteiger partial charge on any atom is -0.490 e. The average Bonchev–Trinajstić information content (AvgIpc) is 2.39.